The Morgan fingerprint density at radius 3 is 2.74 bits per heavy atom. The zero-order valence-corrected chi connectivity index (χ0v) is 11.4. The average molecular weight is 259 g/mol. The second-order valence-electron chi connectivity index (χ2n) is 4.54. The van der Waals surface area contributed by atoms with Crippen LogP contribution in [0.4, 0.5) is 15.9 Å². The molecule has 0 amide bonds. The van der Waals surface area contributed by atoms with E-state index in [2.05, 4.69) is 10.3 Å². The molecular formula is C15H18FN3. The van der Waals surface area contributed by atoms with Crippen LogP contribution < -0.4 is 10.2 Å². The molecule has 0 bridgehead atoms. The van der Waals surface area contributed by atoms with E-state index in [1.807, 2.05) is 44.1 Å². The third-order valence-electron chi connectivity index (χ3n) is 2.92. The summed E-state index contributed by atoms with van der Waals surface area (Å²) >= 11 is 0. The number of pyridine rings is 1. The van der Waals surface area contributed by atoms with Gasteiger partial charge in [-0.1, -0.05) is 6.07 Å². The summed E-state index contributed by atoms with van der Waals surface area (Å²) in [5, 5.41) is 3.12. The van der Waals surface area contributed by atoms with Gasteiger partial charge in [0.25, 0.3) is 0 Å². The lowest BCUT2D eigenvalue weighted by Gasteiger charge is -2.19. The van der Waals surface area contributed by atoms with Gasteiger partial charge in [-0.15, -0.1) is 0 Å². The van der Waals surface area contributed by atoms with Crippen LogP contribution in [0.2, 0.25) is 0 Å². The van der Waals surface area contributed by atoms with Crippen LogP contribution in [0.3, 0.4) is 0 Å². The summed E-state index contributed by atoms with van der Waals surface area (Å²) in [5.41, 5.74) is 2.90. The number of nitrogens with zero attached hydrogens (tertiary/aromatic N) is 2. The first kappa shape index (κ1) is 13.5. The molecule has 100 valence electrons. The Kier molecular flexibility index (Phi) is 4.12. The Bertz CT molecular complexity index is 569. The fraction of sp³-hybridized carbons (Fsp3) is 0.267. The van der Waals surface area contributed by atoms with Crippen LogP contribution in [0.25, 0.3) is 0 Å². The van der Waals surface area contributed by atoms with Crippen LogP contribution in [0, 0.1) is 12.7 Å². The smallest absolute Gasteiger partial charge is 0.133 e. The fourth-order valence-corrected chi connectivity index (χ4v) is 2.02. The second kappa shape index (κ2) is 5.80. The molecule has 0 aliphatic rings. The molecule has 0 saturated carbocycles. The quantitative estimate of drug-likeness (QED) is 0.914. The molecule has 0 aliphatic carbocycles. The molecule has 1 heterocycles. The molecule has 2 aromatic rings. The first-order chi connectivity index (χ1) is 9.10. The van der Waals surface area contributed by atoms with Gasteiger partial charge in [-0.2, -0.15) is 0 Å². The van der Waals surface area contributed by atoms with Crippen LogP contribution in [0.5, 0.6) is 0 Å². The van der Waals surface area contributed by atoms with Crippen LogP contribution >= 0.6 is 0 Å². The largest absolute Gasteiger partial charge is 0.329 e. The standard InChI is InChI=1S/C15H18FN3/c1-11-7-12(10-17-2)8-15(18-11)19(3)14-6-4-5-13(16)9-14/h4-9,17H,10H2,1-3H3. The lowest BCUT2D eigenvalue weighted by molar-refractivity contribution is 0.628. The molecule has 1 aromatic heterocycles. The molecular weight excluding hydrogens is 241 g/mol. The first-order valence-electron chi connectivity index (χ1n) is 6.21. The molecule has 0 aliphatic heterocycles. The summed E-state index contributed by atoms with van der Waals surface area (Å²) in [7, 11) is 3.80. The van der Waals surface area contributed by atoms with Crippen molar-refractivity contribution in [1.82, 2.24) is 10.3 Å². The summed E-state index contributed by atoms with van der Waals surface area (Å²) < 4.78 is 13.3. The molecule has 19 heavy (non-hydrogen) atoms. The summed E-state index contributed by atoms with van der Waals surface area (Å²) in [6.07, 6.45) is 0. The van der Waals surface area contributed by atoms with Crippen molar-refractivity contribution in [2.45, 2.75) is 13.5 Å². The average Bonchev–Trinajstić information content (AvgIpc) is 2.37. The monoisotopic (exact) mass is 259 g/mol. The predicted molar refractivity (Wildman–Crippen MR) is 76.2 cm³/mol. The van der Waals surface area contributed by atoms with Gasteiger partial charge in [0, 0.05) is 25.0 Å². The van der Waals surface area contributed by atoms with E-state index >= 15 is 0 Å². The maximum Gasteiger partial charge on any atom is 0.133 e. The normalized spacial score (nSPS) is 10.5. The third kappa shape index (κ3) is 3.29. The minimum absolute atomic E-state index is 0.243. The van der Waals surface area contributed by atoms with Gasteiger partial charge in [-0.25, -0.2) is 9.37 Å². The summed E-state index contributed by atoms with van der Waals surface area (Å²) in [4.78, 5) is 6.38. The Hall–Kier alpha value is -1.94. The van der Waals surface area contributed by atoms with Gasteiger partial charge in [0.05, 0.1) is 0 Å². The Balaban J connectivity index is 2.35. The van der Waals surface area contributed by atoms with E-state index in [4.69, 9.17) is 0 Å². The van der Waals surface area contributed by atoms with Crippen molar-refractivity contribution in [2.75, 3.05) is 19.0 Å². The second-order valence-corrected chi connectivity index (χ2v) is 4.54. The molecule has 1 N–H and O–H groups in total. The molecule has 1 aromatic carbocycles. The van der Waals surface area contributed by atoms with E-state index in [1.54, 1.807) is 6.07 Å². The molecule has 0 unspecified atom stereocenters. The minimum Gasteiger partial charge on any atom is -0.329 e. The number of hydrogen-bond acceptors (Lipinski definition) is 3. The van der Waals surface area contributed by atoms with Crippen molar-refractivity contribution in [3.05, 3.63) is 53.5 Å². The number of anilines is 2. The number of hydrogen-bond donors (Lipinski definition) is 1. The number of benzene rings is 1. The van der Waals surface area contributed by atoms with E-state index < -0.39 is 0 Å². The first-order valence-corrected chi connectivity index (χ1v) is 6.21. The van der Waals surface area contributed by atoms with Crippen molar-refractivity contribution < 1.29 is 4.39 Å². The van der Waals surface area contributed by atoms with Crippen LogP contribution in [0.15, 0.2) is 36.4 Å². The zero-order chi connectivity index (χ0) is 13.8. The highest BCUT2D eigenvalue weighted by atomic mass is 19.1. The van der Waals surface area contributed by atoms with E-state index in [9.17, 15) is 4.39 Å². The number of rotatable bonds is 4. The van der Waals surface area contributed by atoms with Crippen molar-refractivity contribution in [2.24, 2.45) is 0 Å². The Morgan fingerprint density at radius 2 is 2.05 bits per heavy atom. The fourth-order valence-electron chi connectivity index (χ4n) is 2.02. The molecule has 0 saturated heterocycles. The molecule has 3 nitrogen and oxygen atoms in total. The van der Waals surface area contributed by atoms with E-state index in [1.165, 1.54) is 12.1 Å². The van der Waals surface area contributed by atoms with Gasteiger partial charge in [0.2, 0.25) is 0 Å². The molecule has 2 rings (SSSR count). The highest BCUT2D eigenvalue weighted by molar-refractivity contribution is 5.59. The van der Waals surface area contributed by atoms with Crippen molar-refractivity contribution in [3.63, 3.8) is 0 Å². The lowest BCUT2D eigenvalue weighted by Crippen LogP contribution is -2.13. The molecule has 0 radical (unpaired) electrons. The van der Waals surface area contributed by atoms with Crippen LogP contribution in [-0.2, 0) is 6.54 Å². The maximum absolute atomic E-state index is 13.3. The lowest BCUT2D eigenvalue weighted by atomic mass is 10.2. The molecule has 4 heteroatoms. The Morgan fingerprint density at radius 1 is 1.26 bits per heavy atom. The SMILES string of the molecule is CNCc1cc(C)nc(N(C)c2cccc(F)c2)c1. The van der Waals surface area contributed by atoms with E-state index in [0.29, 0.717) is 0 Å². The van der Waals surface area contributed by atoms with E-state index in [-0.39, 0.29) is 5.82 Å². The number of nitrogens with one attached hydrogen (secondary N) is 1. The summed E-state index contributed by atoms with van der Waals surface area (Å²) in [5.74, 6) is 0.573. The number of aromatic nitrogens is 1. The van der Waals surface area contributed by atoms with E-state index in [0.717, 1.165) is 29.3 Å². The van der Waals surface area contributed by atoms with Gasteiger partial charge >= 0.3 is 0 Å². The van der Waals surface area contributed by atoms with Gasteiger partial charge in [0.15, 0.2) is 0 Å². The van der Waals surface area contributed by atoms with Crippen molar-refractivity contribution in [1.29, 1.82) is 0 Å². The minimum atomic E-state index is -0.243. The predicted octanol–water partition coefficient (Wildman–Crippen LogP) is 3.02. The maximum atomic E-state index is 13.3. The van der Waals surface area contributed by atoms with Crippen LogP contribution in [-0.4, -0.2) is 19.1 Å². The molecule has 0 spiro atoms. The third-order valence-corrected chi connectivity index (χ3v) is 2.92. The van der Waals surface area contributed by atoms with Gasteiger partial charge in [-0.05, 0) is 49.9 Å². The van der Waals surface area contributed by atoms with Crippen LogP contribution in [0.1, 0.15) is 11.3 Å². The van der Waals surface area contributed by atoms with Crippen molar-refractivity contribution in [3.8, 4) is 0 Å². The van der Waals surface area contributed by atoms with Gasteiger partial charge < -0.3 is 10.2 Å². The highest BCUT2D eigenvalue weighted by Crippen LogP contribution is 2.23. The highest BCUT2D eigenvalue weighted by Gasteiger charge is 2.08. The number of aryl methyl sites for hydroxylation is 1. The van der Waals surface area contributed by atoms with Gasteiger partial charge in [0.1, 0.15) is 11.6 Å². The van der Waals surface area contributed by atoms with Gasteiger partial charge in [-0.3, -0.25) is 0 Å². The molecule has 0 fully saturated rings. The van der Waals surface area contributed by atoms with Crippen molar-refractivity contribution >= 4 is 11.5 Å². The Labute approximate surface area is 113 Å². The molecule has 0 atom stereocenters. The zero-order valence-electron chi connectivity index (χ0n) is 11.4. The topological polar surface area (TPSA) is 28.2 Å². The summed E-state index contributed by atoms with van der Waals surface area (Å²) in [6.45, 7) is 2.75. The summed E-state index contributed by atoms with van der Waals surface area (Å²) in [6, 6.07) is 10.6. The number of halogens is 1.